The summed E-state index contributed by atoms with van der Waals surface area (Å²) >= 11 is 0. The van der Waals surface area contributed by atoms with Gasteiger partial charge in [-0.15, -0.1) is 0 Å². The average Bonchev–Trinajstić information content (AvgIpc) is 1.58. The Balaban J connectivity index is 0.547. The van der Waals surface area contributed by atoms with Crippen molar-refractivity contribution in [3.8, 4) is 11.1 Å². The predicted molar refractivity (Wildman–Crippen MR) is 459 cm³/mol. The van der Waals surface area contributed by atoms with Gasteiger partial charge in [0.2, 0.25) is 0 Å². The summed E-state index contributed by atoms with van der Waals surface area (Å²) in [6.45, 7) is 4.35. The quantitative estimate of drug-likeness (QED) is 0.113. The molecule has 22 aromatic rings. The summed E-state index contributed by atoms with van der Waals surface area (Å²) in [5.41, 5.74) is 24.1. The minimum atomic E-state index is 0.790. The van der Waals surface area contributed by atoms with Crippen molar-refractivity contribution in [1.29, 1.82) is 0 Å². The molecule has 0 bridgehead atoms. The monoisotopic (exact) mass is 1410 g/mol. The van der Waals surface area contributed by atoms with Crippen molar-refractivity contribution in [3.05, 3.63) is 375 Å². The zero-order chi connectivity index (χ0) is 72.7. The van der Waals surface area contributed by atoms with Crippen molar-refractivity contribution < 1.29 is 17.7 Å². The fourth-order valence-corrected chi connectivity index (χ4v) is 16.9. The van der Waals surface area contributed by atoms with E-state index in [1.807, 2.05) is 0 Å². The highest BCUT2D eigenvalue weighted by atomic mass is 16.4. The Hall–Kier alpha value is -14.6. The minimum Gasteiger partial charge on any atom is -0.456 e. The van der Waals surface area contributed by atoms with Crippen LogP contribution in [0.3, 0.4) is 0 Å². The van der Waals surface area contributed by atoms with Crippen LogP contribution in [0.25, 0.3) is 142 Å². The molecule has 22 rings (SSSR count). The van der Waals surface area contributed by atoms with Gasteiger partial charge >= 0.3 is 0 Å². The molecule has 18 aromatic carbocycles. The van der Waals surface area contributed by atoms with E-state index in [0.717, 1.165) is 210 Å². The average molecular weight is 1410 g/mol. The summed E-state index contributed by atoms with van der Waals surface area (Å²) in [6.07, 6.45) is 0. The molecule has 110 heavy (non-hydrogen) atoms. The molecule has 0 radical (unpaired) electrons. The van der Waals surface area contributed by atoms with Gasteiger partial charge in [-0.1, -0.05) is 158 Å². The van der Waals surface area contributed by atoms with Crippen molar-refractivity contribution >= 4 is 199 Å². The summed E-state index contributed by atoms with van der Waals surface area (Å²) in [6, 6.07) is 131. The normalized spacial score (nSPS) is 11.9. The van der Waals surface area contributed by atoms with Crippen LogP contribution in [0.5, 0.6) is 0 Å². The number of furan rings is 4. The van der Waals surface area contributed by atoms with Crippen LogP contribution >= 0.6 is 0 Å². The Morgan fingerprint density at radius 3 is 0.691 bits per heavy atom. The maximum atomic E-state index is 6.78. The van der Waals surface area contributed by atoms with Crippen molar-refractivity contribution in [2.75, 3.05) is 19.6 Å². The molecule has 8 heteroatoms. The van der Waals surface area contributed by atoms with E-state index in [2.05, 4.69) is 397 Å². The third-order valence-corrected chi connectivity index (χ3v) is 22.3. The molecule has 0 N–H and O–H groups in total. The van der Waals surface area contributed by atoms with Gasteiger partial charge in [0.15, 0.2) is 0 Å². The van der Waals surface area contributed by atoms with E-state index in [1.54, 1.807) is 0 Å². The molecule has 0 fully saturated rings. The topological polar surface area (TPSA) is 65.5 Å². The number of benzene rings is 18. The van der Waals surface area contributed by atoms with Gasteiger partial charge in [-0.05, 0) is 273 Å². The molecule has 8 nitrogen and oxygen atoms in total. The molecule has 0 spiro atoms. The number of para-hydroxylation sites is 6. The lowest BCUT2D eigenvalue weighted by Crippen LogP contribution is -2.11. The number of fused-ring (bicyclic) bond motifs is 16. The number of aryl methyl sites for hydroxylation is 2. The molecule has 0 aliphatic carbocycles. The highest BCUT2D eigenvalue weighted by molar-refractivity contribution is 6.21. The zero-order valence-electron chi connectivity index (χ0n) is 60.1. The molecular formula is C102H66N4O4. The molecule has 0 aliphatic heterocycles. The second-order valence-corrected chi connectivity index (χ2v) is 29.0. The summed E-state index contributed by atoms with van der Waals surface area (Å²) in [5.74, 6) is 0. The van der Waals surface area contributed by atoms with E-state index >= 15 is 0 Å². The van der Waals surface area contributed by atoms with E-state index in [4.69, 9.17) is 17.7 Å². The first kappa shape index (κ1) is 62.7. The fourth-order valence-electron chi connectivity index (χ4n) is 16.9. The lowest BCUT2D eigenvalue weighted by atomic mass is 10.0. The maximum absolute atomic E-state index is 6.78. The SMILES string of the molecule is Cc1ccccc1N(c1ccccc1)c1ccc2cc3c(cc2c1)oc1cc2oc4cc5cc(N(c6ccc(-c7ccc(N(c8ccccc8)c8ccc9cc%10c(cc9c8)oc8cc9oc%11cc%12cc(N(c%13ccccc%13)c%13ccccc%13)ccc%12cc%11c9cc8%10)cc7)cc6)c6ccccc6C)ccc5cc4c2cc13. The first-order chi connectivity index (χ1) is 54.2. The van der Waals surface area contributed by atoms with Crippen LogP contribution in [0.1, 0.15) is 11.1 Å². The number of hydrogen-bond acceptors (Lipinski definition) is 8. The van der Waals surface area contributed by atoms with Crippen molar-refractivity contribution in [3.63, 3.8) is 0 Å². The van der Waals surface area contributed by atoms with Crippen molar-refractivity contribution in [2.45, 2.75) is 13.8 Å². The number of rotatable bonds is 13. The van der Waals surface area contributed by atoms with Gasteiger partial charge in [-0.3, -0.25) is 0 Å². The highest BCUT2D eigenvalue weighted by Gasteiger charge is 2.24. The van der Waals surface area contributed by atoms with Crippen molar-refractivity contribution in [1.82, 2.24) is 0 Å². The number of nitrogens with zero attached hydrogens (tertiary/aromatic N) is 4. The molecular weight excluding hydrogens is 1350 g/mol. The zero-order valence-corrected chi connectivity index (χ0v) is 60.1. The van der Waals surface area contributed by atoms with Gasteiger partial charge in [-0.2, -0.15) is 0 Å². The first-order valence-corrected chi connectivity index (χ1v) is 37.4. The predicted octanol–water partition coefficient (Wildman–Crippen LogP) is 30.1. The van der Waals surface area contributed by atoms with Gasteiger partial charge in [0.25, 0.3) is 0 Å². The van der Waals surface area contributed by atoms with Crippen LogP contribution in [0.15, 0.2) is 382 Å². The van der Waals surface area contributed by atoms with Gasteiger partial charge in [0.1, 0.15) is 44.7 Å². The van der Waals surface area contributed by atoms with Crippen LogP contribution in [-0.4, -0.2) is 0 Å². The largest absolute Gasteiger partial charge is 0.456 e. The smallest absolute Gasteiger partial charge is 0.139 e. The molecule has 0 atom stereocenters. The number of anilines is 12. The Morgan fingerprint density at radius 2 is 0.391 bits per heavy atom. The second-order valence-electron chi connectivity index (χ2n) is 29.0. The van der Waals surface area contributed by atoms with E-state index in [9.17, 15) is 0 Å². The lowest BCUT2D eigenvalue weighted by Gasteiger charge is -2.27. The van der Waals surface area contributed by atoms with E-state index < -0.39 is 0 Å². The Morgan fingerprint density at radius 1 is 0.164 bits per heavy atom. The molecule has 518 valence electrons. The third kappa shape index (κ3) is 10.5. The Kier molecular flexibility index (Phi) is 14.3. The van der Waals surface area contributed by atoms with Crippen molar-refractivity contribution in [2.24, 2.45) is 0 Å². The molecule has 0 unspecified atom stereocenters. The van der Waals surface area contributed by atoms with E-state index in [0.29, 0.717) is 0 Å². The summed E-state index contributed by atoms with van der Waals surface area (Å²) in [4.78, 5) is 9.31. The standard InChI is InChI=1S/C102H66N4O4/c1-63-19-15-17-29-93(63)105(78-27-13-6-14-28-78)83-45-37-69-53-87-91-60-92-88-54-70-38-46-84(50-74(70)58-98(88)110-102(92)62-101(91)109-97(87)57-73(69)49-83)106(94-30-18-16-20-64(94)2)80-41-33-66(34-42-80)65-31-39-79(40-32-65)104(77-25-11-5-12-26-77)82-44-36-68-52-86-90-59-89-85-51-67-35-43-81(103(75-21-7-3-8-22-75)76-23-9-4-10-24-76)47-71(67)55-95(85)107-99(89)61-100(90)108-96(86)56-72(68)48-82/h3-62H,1-2H3. The molecule has 4 heterocycles. The van der Waals surface area contributed by atoms with Crippen LogP contribution < -0.4 is 19.6 Å². The lowest BCUT2D eigenvalue weighted by molar-refractivity contribution is 0.656. The Labute approximate surface area is 632 Å². The summed E-state index contributed by atoms with van der Waals surface area (Å²) < 4.78 is 26.9. The number of hydrogen-bond donors (Lipinski definition) is 0. The van der Waals surface area contributed by atoms with Gasteiger partial charge in [0.05, 0.1) is 0 Å². The van der Waals surface area contributed by atoms with E-state index in [1.165, 1.54) is 11.1 Å². The first-order valence-electron chi connectivity index (χ1n) is 37.4. The molecule has 4 aromatic heterocycles. The van der Waals surface area contributed by atoms with E-state index in [-0.39, 0.29) is 0 Å². The molecule has 0 amide bonds. The van der Waals surface area contributed by atoms with Gasteiger partial charge in [0, 0.05) is 123 Å². The van der Waals surface area contributed by atoms with Crippen LogP contribution in [-0.2, 0) is 0 Å². The highest BCUT2D eigenvalue weighted by Crippen LogP contribution is 2.48. The second kappa shape index (κ2) is 25.0. The molecule has 0 saturated heterocycles. The fraction of sp³-hybridized carbons (Fsp3) is 0.0196. The van der Waals surface area contributed by atoms with Crippen LogP contribution in [0.4, 0.5) is 68.2 Å². The van der Waals surface area contributed by atoms with Gasteiger partial charge < -0.3 is 37.3 Å². The minimum absolute atomic E-state index is 0.790. The molecule has 0 aliphatic rings. The molecule has 0 saturated carbocycles. The summed E-state index contributed by atoms with van der Waals surface area (Å²) in [7, 11) is 0. The third-order valence-electron chi connectivity index (χ3n) is 22.3. The maximum Gasteiger partial charge on any atom is 0.139 e. The summed E-state index contributed by atoms with van der Waals surface area (Å²) in [5, 5.41) is 17.4. The van der Waals surface area contributed by atoms with Crippen LogP contribution in [0.2, 0.25) is 0 Å². The van der Waals surface area contributed by atoms with Crippen LogP contribution in [0, 0.1) is 13.8 Å². The Bertz CT molecular complexity index is 7390. The van der Waals surface area contributed by atoms with Gasteiger partial charge in [-0.25, -0.2) is 0 Å².